The van der Waals surface area contributed by atoms with Gasteiger partial charge in [-0.05, 0) is 124 Å². The lowest BCUT2D eigenvalue weighted by Gasteiger charge is -2.33. The van der Waals surface area contributed by atoms with E-state index < -0.39 is 0 Å². The zero-order valence-electron chi connectivity index (χ0n) is 31.6. The molecule has 2 aliphatic rings. The summed E-state index contributed by atoms with van der Waals surface area (Å²) in [6, 6.07) is 67.4. The standard InChI is InChI=1S/C54H47N/c1-39-21-28-46(29-22-39)50(44-15-7-3-8-16-44)36-42-25-32-48(33-26-42)55-53-20-12-11-19-49(53)52-38-43(27-34-54(52)55)37-51(45-17-9-4-10-18-45)47-30-23-41(24-31-47)35-40-13-5-2-6-14-40/h2-10,13-18,21-34,36-38,49,53H,11-12,19-20,35H2,1H3/b50-36+,51-37+. The highest BCUT2D eigenvalue weighted by molar-refractivity contribution is 5.93. The lowest BCUT2D eigenvalue weighted by molar-refractivity contribution is 0.402. The van der Waals surface area contributed by atoms with Crippen molar-refractivity contribution in [2.75, 3.05) is 4.90 Å². The zero-order chi connectivity index (χ0) is 37.0. The Balaban J connectivity index is 1.04. The van der Waals surface area contributed by atoms with Gasteiger partial charge in [-0.15, -0.1) is 0 Å². The Morgan fingerprint density at radius 1 is 0.509 bits per heavy atom. The summed E-state index contributed by atoms with van der Waals surface area (Å²) in [5.41, 5.74) is 18.0. The fourth-order valence-electron chi connectivity index (χ4n) is 8.80. The third kappa shape index (κ3) is 7.48. The van der Waals surface area contributed by atoms with Crippen LogP contribution in [-0.4, -0.2) is 6.04 Å². The summed E-state index contributed by atoms with van der Waals surface area (Å²) >= 11 is 0. The molecule has 7 aromatic carbocycles. The molecule has 7 aromatic rings. The molecule has 1 saturated carbocycles. The summed E-state index contributed by atoms with van der Waals surface area (Å²) in [5.74, 6) is 0.542. The van der Waals surface area contributed by atoms with E-state index >= 15 is 0 Å². The summed E-state index contributed by atoms with van der Waals surface area (Å²) in [6.45, 7) is 2.15. The first kappa shape index (κ1) is 34.6. The monoisotopic (exact) mass is 709 g/mol. The van der Waals surface area contributed by atoms with Gasteiger partial charge in [-0.3, -0.25) is 0 Å². The highest BCUT2D eigenvalue weighted by Crippen LogP contribution is 2.51. The van der Waals surface area contributed by atoms with Gasteiger partial charge >= 0.3 is 0 Å². The molecule has 1 heterocycles. The molecule has 9 rings (SSSR count). The van der Waals surface area contributed by atoms with Crippen LogP contribution in [0.15, 0.2) is 182 Å². The van der Waals surface area contributed by atoms with Gasteiger partial charge in [0.1, 0.15) is 0 Å². The predicted molar refractivity (Wildman–Crippen MR) is 234 cm³/mol. The number of anilines is 2. The van der Waals surface area contributed by atoms with Gasteiger partial charge in [0.05, 0.1) is 0 Å². The minimum Gasteiger partial charge on any atom is -0.338 e. The Hall–Kier alpha value is -6.18. The van der Waals surface area contributed by atoms with Crippen LogP contribution in [0.2, 0.25) is 0 Å². The van der Waals surface area contributed by atoms with Crippen LogP contribution in [0.5, 0.6) is 0 Å². The Labute approximate surface area is 327 Å². The summed E-state index contributed by atoms with van der Waals surface area (Å²) < 4.78 is 0. The normalized spacial score (nSPS) is 16.8. The van der Waals surface area contributed by atoms with E-state index in [4.69, 9.17) is 0 Å². The molecule has 55 heavy (non-hydrogen) atoms. The van der Waals surface area contributed by atoms with Crippen LogP contribution in [0.1, 0.15) is 87.2 Å². The van der Waals surface area contributed by atoms with Gasteiger partial charge in [0, 0.05) is 23.3 Å². The quantitative estimate of drug-likeness (QED) is 0.135. The zero-order valence-corrected chi connectivity index (χ0v) is 31.6. The second kappa shape index (κ2) is 15.7. The molecule has 0 N–H and O–H groups in total. The predicted octanol–water partition coefficient (Wildman–Crippen LogP) is 13.9. The minimum atomic E-state index is 0.488. The number of benzene rings is 7. The molecule has 0 aromatic heterocycles. The van der Waals surface area contributed by atoms with E-state index in [1.807, 2.05) is 0 Å². The van der Waals surface area contributed by atoms with E-state index in [9.17, 15) is 0 Å². The number of fused-ring (bicyclic) bond motifs is 3. The van der Waals surface area contributed by atoms with Crippen molar-refractivity contribution in [1.82, 2.24) is 0 Å². The number of rotatable bonds is 9. The van der Waals surface area contributed by atoms with Crippen molar-refractivity contribution in [3.05, 3.63) is 238 Å². The molecule has 0 amide bonds. The van der Waals surface area contributed by atoms with Crippen LogP contribution in [-0.2, 0) is 6.42 Å². The molecule has 1 aliphatic heterocycles. The molecule has 0 saturated heterocycles. The third-order valence-electron chi connectivity index (χ3n) is 11.6. The van der Waals surface area contributed by atoms with Crippen molar-refractivity contribution in [1.29, 1.82) is 0 Å². The second-order valence-electron chi connectivity index (χ2n) is 15.3. The molecule has 2 atom stereocenters. The van der Waals surface area contributed by atoms with Gasteiger partial charge in [-0.2, -0.15) is 0 Å². The van der Waals surface area contributed by atoms with E-state index in [1.165, 1.54) is 104 Å². The van der Waals surface area contributed by atoms with E-state index in [0.717, 1.165) is 6.42 Å². The molecule has 1 nitrogen and oxygen atoms in total. The molecule has 1 fully saturated rings. The first-order chi connectivity index (χ1) is 27.2. The highest BCUT2D eigenvalue weighted by Gasteiger charge is 2.40. The van der Waals surface area contributed by atoms with E-state index in [2.05, 4.69) is 206 Å². The van der Waals surface area contributed by atoms with Gasteiger partial charge in [0.25, 0.3) is 0 Å². The van der Waals surface area contributed by atoms with Crippen molar-refractivity contribution >= 4 is 34.7 Å². The van der Waals surface area contributed by atoms with Crippen molar-refractivity contribution in [3.63, 3.8) is 0 Å². The largest absolute Gasteiger partial charge is 0.338 e. The van der Waals surface area contributed by atoms with Gasteiger partial charge in [0.15, 0.2) is 0 Å². The van der Waals surface area contributed by atoms with E-state index in [1.54, 1.807) is 0 Å². The van der Waals surface area contributed by atoms with Crippen molar-refractivity contribution in [2.24, 2.45) is 0 Å². The fraction of sp³-hybridized carbons (Fsp3) is 0.148. The molecule has 268 valence electrons. The number of aryl methyl sites for hydroxylation is 1. The van der Waals surface area contributed by atoms with E-state index in [0.29, 0.717) is 12.0 Å². The average Bonchev–Trinajstić information content (AvgIpc) is 3.57. The average molecular weight is 710 g/mol. The van der Waals surface area contributed by atoms with Crippen molar-refractivity contribution < 1.29 is 0 Å². The molecule has 1 aliphatic carbocycles. The molecule has 2 unspecified atom stereocenters. The van der Waals surface area contributed by atoms with Gasteiger partial charge in [-0.1, -0.05) is 176 Å². The molecule has 0 spiro atoms. The maximum atomic E-state index is 2.65. The van der Waals surface area contributed by atoms with Crippen LogP contribution < -0.4 is 4.90 Å². The molecule has 0 bridgehead atoms. The van der Waals surface area contributed by atoms with Crippen molar-refractivity contribution in [2.45, 2.75) is 51.0 Å². The second-order valence-corrected chi connectivity index (χ2v) is 15.3. The number of hydrogen-bond donors (Lipinski definition) is 0. The maximum absolute atomic E-state index is 2.65. The number of hydrogen-bond acceptors (Lipinski definition) is 1. The molecule has 0 radical (unpaired) electrons. The third-order valence-corrected chi connectivity index (χ3v) is 11.6. The van der Waals surface area contributed by atoms with Crippen LogP contribution in [0, 0.1) is 6.92 Å². The minimum absolute atomic E-state index is 0.488. The smallest absolute Gasteiger partial charge is 0.0450 e. The van der Waals surface area contributed by atoms with Crippen LogP contribution >= 0.6 is 0 Å². The lowest BCUT2D eigenvalue weighted by Crippen LogP contribution is -2.32. The lowest BCUT2D eigenvalue weighted by atomic mass is 9.82. The highest BCUT2D eigenvalue weighted by atomic mass is 15.2. The first-order valence-corrected chi connectivity index (χ1v) is 19.9. The Kier molecular flexibility index (Phi) is 9.84. The SMILES string of the molecule is Cc1ccc(/C(=C/c2ccc(N3c4ccc(/C=C(\c5ccccc5)c5ccc(Cc6ccccc6)cc5)cc4C4CCCCC43)cc2)c2ccccc2)cc1. The molecular weight excluding hydrogens is 663 g/mol. The molecular formula is C54H47N. The maximum Gasteiger partial charge on any atom is 0.0450 e. The Morgan fingerprint density at radius 2 is 1.02 bits per heavy atom. The fourth-order valence-corrected chi connectivity index (χ4v) is 8.80. The summed E-state index contributed by atoms with van der Waals surface area (Å²) in [5, 5.41) is 0. The summed E-state index contributed by atoms with van der Waals surface area (Å²) in [7, 11) is 0. The Morgan fingerprint density at radius 3 is 1.65 bits per heavy atom. The summed E-state index contributed by atoms with van der Waals surface area (Å²) in [6.07, 6.45) is 10.7. The summed E-state index contributed by atoms with van der Waals surface area (Å²) in [4.78, 5) is 2.65. The number of nitrogens with zero attached hydrogens (tertiary/aromatic N) is 1. The van der Waals surface area contributed by atoms with Gasteiger partial charge < -0.3 is 4.90 Å². The van der Waals surface area contributed by atoms with Crippen LogP contribution in [0.3, 0.4) is 0 Å². The Bertz CT molecular complexity index is 2420. The van der Waals surface area contributed by atoms with Crippen LogP contribution in [0.4, 0.5) is 11.4 Å². The van der Waals surface area contributed by atoms with Crippen molar-refractivity contribution in [3.8, 4) is 0 Å². The van der Waals surface area contributed by atoms with Gasteiger partial charge in [0.2, 0.25) is 0 Å². The van der Waals surface area contributed by atoms with Crippen LogP contribution in [0.25, 0.3) is 23.3 Å². The topological polar surface area (TPSA) is 3.24 Å². The first-order valence-electron chi connectivity index (χ1n) is 19.9. The molecule has 1 heteroatoms. The van der Waals surface area contributed by atoms with E-state index in [-0.39, 0.29) is 0 Å². The van der Waals surface area contributed by atoms with Gasteiger partial charge in [-0.25, -0.2) is 0 Å².